The Balaban J connectivity index is 1.85. The number of hydrogen-bond donors (Lipinski definition) is 3. The van der Waals surface area contributed by atoms with Crippen molar-refractivity contribution in [3.8, 4) is 0 Å². The Hall–Kier alpha value is -1.36. The van der Waals surface area contributed by atoms with Gasteiger partial charge >= 0.3 is 0 Å². The molecule has 15 heavy (non-hydrogen) atoms. The minimum atomic E-state index is -0.202. The monoisotopic (exact) mass is 209 g/mol. The van der Waals surface area contributed by atoms with Gasteiger partial charge < -0.3 is 10.4 Å². The van der Waals surface area contributed by atoms with Crippen molar-refractivity contribution in [2.45, 2.75) is 25.4 Å². The summed E-state index contributed by atoms with van der Waals surface area (Å²) in [6, 6.07) is 1.48. The quantitative estimate of drug-likeness (QED) is 0.671. The number of nitrogens with one attached hydrogen (secondary N) is 2. The maximum atomic E-state index is 10.9. The Morgan fingerprint density at radius 3 is 3.13 bits per heavy atom. The van der Waals surface area contributed by atoms with Gasteiger partial charge in [-0.3, -0.25) is 4.79 Å². The van der Waals surface area contributed by atoms with Gasteiger partial charge in [0.15, 0.2) is 0 Å². The molecule has 1 fully saturated rings. The molecule has 5 heteroatoms. The first-order valence-electron chi connectivity index (χ1n) is 5.20. The average Bonchev–Trinajstić information content (AvgIpc) is 2.62. The fraction of sp³-hybridized carbons (Fsp3) is 0.600. The number of nitrogens with zero attached hydrogens (tertiary/aromatic N) is 1. The molecule has 1 aliphatic rings. The summed E-state index contributed by atoms with van der Waals surface area (Å²) < 4.78 is 0. The zero-order valence-corrected chi connectivity index (χ0v) is 8.44. The zero-order chi connectivity index (χ0) is 10.7. The first-order valence-corrected chi connectivity index (χ1v) is 5.20. The van der Waals surface area contributed by atoms with Gasteiger partial charge in [-0.15, -0.1) is 0 Å². The second-order valence-corrected chi connectivity index (χ2v) is 4.05. The first-order chi connectivity index (χ1) is 7.24. The predicted molar refractivity (Wildman–Crippen MR) is 56.7 cm³/mol. The molecule has 1 aromatic rings. The molecule has 1 heterocycles. The molecule has 0 spiro atoms. The maximum absolute atomic E-state index is 10.9. The minimum absolute atomic E-state index is 0.144. The lowest BCUT2D eigenvalue weighted by Gasteiger charge is -2.10. The van der Waals surface area contributed by atoms with E-state index in [1.54, 1.807) is 6.20 Å². The van der Waals surface area contributed by atoms with Crippen LogP contribution in [0.1, 0.15) is 19.3 Å². The Labute approximate surface area is 87.5 Å². The van der Waals surface area contributed by atoms with Gasteiger partial charge in [0.1, 0.15) is 0 Å². The highest BCUT2D eigenvalue weighted by molar-refractivity contribution is 5.38. The lowest BCUT2D eigenvalue weighted by molar-refractivity contribution is 0.178. The second kappa shape index (κ2) is 4.44. The summed E-state index contributed by atoms with van der Waals surface area (Å²) in [5.74, 6) is 0.499. The topological polar surface area (TPSA) is 78.0 Å². The number of aliphatic hydroxyl groups excluding tert-OH is 1. The van der Waals surface area contributed by atoms with Crippen molar-refractivity contribution in [1.29, 1.82) is 0 Å². The van der Waals surface area contributed by atoms with Crippen LogP contribution in [0, 0.1) is 5.92 Å². The van der Waals surface area contributed by atoms with Crippen molar-refractivity contribution in [3.63, 3.8) is 0 Å². The van der Waals surface area contributed by atoms with Gasteiger partial charge in [0.25, 0.3) is 5.56 Å². The van der Waals surface area contributed by atoms with Crippen molar-refractivity contribution < 1.29 is 5.11 Å². The van der Waals surface area contributed by atoms with Crippen LogP contribution in [0.3, 0.4) is 0 Å². The van der Waals surface area contributed by atoms with Crippen LogP contribution in [0.4, 0.5) is 5.69 Å². The predicted octanol–water partition coefficient (Wildman–Crippen LogP) is 0.343. The fourth-order valence-electron chi connectivity index (χ4n) is 1.97. The maximum Gasteiger partial charge on any atom is 0.266 e. The van der Waals surface area contributed by atoms with E-state index in [9.17, 15) is 9.90 Å². The minimum Gasteiger partial charge on any atom is -0.393 e. The summed E-state index contributed by atoms with van der Waals surface area (Å²) >= 11 is 0. The zero-order valence-electron chi connectivity index (χ0n) is 8.44. The van der Waals surface area contributed by atoms with Gasteiger partial charge in [-0.05, 0) is 25.2 Å². The van der Waals surface area contributed by atoms with E-state index in [2.05, 4.69) is 15.5 Å². The molecule has 1 aliphatic carbocycles. The van der Waals surface area contributed by atoms with Gasteiger partial charge in [0.2, 0.25) is 0 Å². The molecular weight excluding hydrogens is 194 g/mol. The molecule has 1 aromatic heterocycles. The van der Waals surface area contributed by atoms with E-state index >= 15 is 0 Å². The van der Waals surface area contributed by atoms with Crippen LogP contribution >= 0.6 is 0 Å². The number of aliphatic hydroxyl groups is 1. The van der Waals surface area contributed by atoms with Crippen molar-refractivity contribution in [3.05, 3.63) is 22.6 Å². The Morgan fingerprint density at radius 2 is 2.47 bits per heavy atom. The van der Waals surface area contributed by atoms with Crippen molar-refractivity contribution in [2.24, 2.45) is 5.92 Å². The first kappa shape index (κ1) is 10.2. The van der Waals surface area contributed by atoms with Crippen LogP contribution in [-0.2, 0) is 0 Å². The van der Waals surface area contributed by atoms with Crippen LogP contribution < -0.4 is 10.9 Å². The second-order valence-electron chi connectivity index (χ2n) is 4.05. The smallest absolute Gasteiger partial charge is 0.266 e. The molecule has 0 amide bonds. The number of aromatic amines is 1. The lowest BCUT2D eigenvalue weighted by Crippen LogP contribution is -2.15. The fourth-order valence-corrected chi connectivity index (χ4v) is 1.97. The van der Waals surface area contributed by atoms with Crippen LogP contribution in [-0.4, -0.2) is 28.0 Å². The average molecular weight is 209 g/mol. The van der Waals surface area contributed by atoms with Gasteiger partial charge in [-0.2, -0.15) is 5.10 Å². The third-order valence-electron chi connectivity index (χ3n) is 2.77. The molecule has 82 valence electrons. The highest BCUT2D eigenvalue weighted by Gasteiger charge is 2.22. The molecule has 2 unspecified atom stereocenters. The molecule has 1 saturated carbocycles. The molecule has 2 rings (SSSR count). The van der Waals surface area contributed by atoms with Crippen molar-refractivity contribution in [1.82, 2.24) is 10.2 Å². The van der Waals surface area contributed by atoms with Gasteiger partial charge in [-0.25, -0.2) is 5.10 Å². The number of aromatic nitrogens is 2. The van der Waals surface area contributed by atoms with Crippen molar-refractivity contribution in [2.75, 3.05) is 11.9 Å². The van der Waals surface area contributed by atoms with E-state index in [1.165, 1.54) is 6.07 Å². The van der Waals surface area contributed by atoms with Crippen molar-refractivity contribution >= 4 is 5.69 Å². The third-order valence-corrected chi connectivity index (χ3v) is 2.77. The summed E-state index contributed by atoms with van der Waals surface area (Å²) in [4.78, 5) is 10.9. The summed E-state index contributed by atoms with van der Waals surface area (Å²) in [6.45, 7) is 0.794. The molecule has 0 radical (unpaired) electrons. The van der Waals surface area contributed by atoms with E-state index in [0.29, 0.717) is 5.92 Å². The molecule has 0 saturated heterocycles. The normalized spacial score (nSPS) is 25.4. The molecule has 0 aromatic carbocycles. The molecule has 3 N–H and O–H groups in total. The van der Waals surface area contributed by atoms with Crippen LogP contribution in [0.2, 0.25) is 0 Å². The van der Waals surface area contributed by atoms with E-state index in [4.69, 9.17) is 0 Å². The van der Waals surface area contributed by atoms with Gasteiger partial charge in [-0.1, -0.05) is 0 Å². The molecule has 2 atom stereocenters. The van der Waals surface area contributed by atoms with Gasteiger partial charge in [0.05, 0.1) is 18.0 Å². The molecule has 0 aliphatic heterocycles. The summed E-state index contributed by atoms with van der Waals surface area (Å²) in [6.07, 6.45) is 4.23. The number of H-pyrrole nitrogens is 1. The number of hydrogen-bond acceptors (Lipinski definition) is 4. The third kappa shape index (κ3) is 2.79. The SMILES string of the molecule is O=c1cc(NCC2CCC(O)C2)cn[nH]1. The van der Waals surface area contributed by atoms with E-state index in [-0.39, 0.29) is 11.7 Å². The van der Waals surface area contributed by atoms with Crippen LogP contribution in [0.5, 0.6) is 0 Å². The largest absolute Gasteiger partial charge is 0.393 e. The standard InChI is InChI=1S/C10H15N3O2/c14-9-2-1-7(3-9)5-11-8-4-10(15)13-12-6-8/h4,6-7,9,14H,1-3,5H2,(H2,11,13,15). The van der Waals surface area contributed by atoms with E-state index in [0.717, 1.165) is 31.5 Å². The lowest BCUT2D eigenvalue weighted by atomic mass is 10.1. The molecule has 5 nitrogen and oxygen atoms in total. The highest BCUT2D eigenvalue weighted by Crippen LogP contribution is 2.25. The number of rotatable bonds is 3. The Morgan fingerprint density at radius 1 is 1.60 bits per heavy atom. The Kier molecular flexibility index (Phi) is 3.01. The summed E-state index contributed by atoms with van der Waals surface area (Å²) in [5, 5.41) is 18.5. The Bertz CT molecular complexity index is 377. The summed E-state index contributed by atoms with van der Waals surface area (Å²) in [5.41, 5.74) is 0.534. The number of anilines is 1. The van der Waals surface area contributed by atoms with Crippen LogP contribution in [0.15, 0.2) is 17.1 Å². The molecular formula is C10H15N3O2. The molecule has 0 bridgehead atoms. The van der Waals surface area contributed by atoms with Gasteiger partial charge in [0, 0.05) is 12.6 Å². The highest BCUT2D eigenvalue weighted by atomic mass is 16.3. The van der Waals surface area contributed by atoms with E-state index < -0.39 is 0 Å². The van der Waals surface area contributed by atoms with E-state index in [1.807, 2.05) is 0 Å². The van der Waals surface area contributed by atoms with Crippen LogP contribution in [0.25, 0.3) is 0 Å². The summed E-state index contributed by atoms with van der Waals surface area (Å²) in [7, 11) is 0.